The normalized spacial score (nSPS) is 16.0. The number of hydrogen-bond donors (Lipinski definition) is 0. The fourth-order valence-corrected chi connectivity index (χ4v) is 2.72. The topological polar surface area (TPSA) is 36.4 Å². The smallest absolute Gasteiger partial charge is 0.320 e. The third-order valence-corrected chi connectivity index (χ3v) is 3.84. The lowest BCUT2D eigenvalue weighted by molar-refractivity contribution is 0.150. The second-order valence-corrected chi connectivity index (χ2v) is 5.61. The molecule has 94 valence electrons. The number of carbonyl (C=O) groups excluding carboxylic acids is 1. The standard InChI is InChI=1S/C12H19N3OS/c1-10-13-11(9-17-10)8-14(2)12(16)15-6-4-3-5-7-15/h9H,3-8H2,1-2H3. The summed E-state index contributed by atoms with van der Waals surface area (Å²) in [6, 6.07) is 0.135. The summed E-state index contributed by atoms with van der Waals surface area (Å²) in [5.74, 6) is 0. The van der Waals surface area contributed by atoms with Crippen molar-refractivity contribution in [3.05, 3.63) is 16.1 Å². The van der Waals surface area contributed by atoms with Gasteiger partial charge in [-0.25, -0.2) is 9.78 Å². The highest BCUT2D eigenvalue weighted by Gasteiger charge is 2.20. The number of carbonyl (C=O) groups is 1. The molecule has 0 N–H and O–H groups in total. The van der Waals surface area contributed by atoms with Crippen LogP contribution in [-0.2, 0) is 6.54 Å². The van der Waals surface area contributed by atoms with Gasteiger partial charge in [0.15, 0.2) is 0 Å². The van der Waals surface area contributed by atoms with Crippen molar-refractivity contribution in [3.8, 4) is 0 Å². The van der Waals surface area contributed by atoms with E-state index in [1.165, 1.54) is 6.42 Å². The van der Waals surface area contributed by atoms with E-state index in [0.717, 1.165) is 36.6 Å². The number of urea groups is 1. The Labute approximate surface area is 106 Å². The van der Waals surface area contributed by atoms with Crippen LogP contribution in [0.2, 0.25) is 0 Å². The first-order chi connectivity index (χ1) is 8.16. The first-order valence-electron chi connectivity index (χ1n) is 6.08. The molecular formula is C12H19N3OS. The van der Waals surface area contributed by atoms with Crippen LogP contribution in [0, 0.1) is 6.92 Å². The van der Waals surface area contributed by atoms with Crippen LogP contribution in [0.25, 0.3) is 0 Å². The van der Waals surface area contributed by atoms with E-state index in [1.54, 1.807) is 16.2 Å². The minimum absolute atomic E-state index is 0.135. The molecule has 1 aromatic heterocycles. The first kappa shape index (κ1) is 12.4. The third kappa shape index (κ3) is 3.19. The zero-order chi connectivity index (χ0) is 12.3. The molecule has 0 aliphatic carbocycles. The maximum Gasteiger partial charge on any atom is 0.320 e. The average molecular weight is 253 g/mol. The Morgan fingerprint density at radius 3 is 2.76 bits per heavy atom. The van der Waals surface area contributed by atoms with Crippen LogP contribution in [0.3, 0.4) is 0 Å². The number of rotatable bonds is 2. The van der Waals surface area contributed by atoms with E-state index in [2.05, 4.69) is 4.98 Å². The number of aryl methyl sites for hydroxylation is 1. The van der Waals surface area contributed by atoms with Gasteiger partial charge < -0.3 is 9.80 Å². The summed E-state index contributed by atoms with van der Waals surface area (Å²) < 4.78 is 0. The number of amides is 2. The quantitative estimate of drug-likeness (QED) is 0.812. The Hall–Kier alpha value is -1.10. The van der Waals surface area contributed by atoms with Gasteiger partial charge in [-0.3, -0.25) is 0 Å². The van der Waals surface area contributed by atoms with Crippen LogP contribution in [-0.4, -0.2) is 41.0 Å². The molecule has 0 unspecified atom stereocenters. The van der Waals surface area contributed by atoms with Gasteiger partial charge in [0.05, 0.1) is 17.2 Å². The predicted octanol–water partition coefficient (Wildman–Crippen LogP) is 2.49. The fourth-order valence-electron chi connectivity index (χ4n) is 2.12. The van der Waals surface area contributed by atoms with Gasteiger partial charge in [-0.1, -0.05) is 0 Å². The fraction of sp³-hybridized carbons (Fsp3) is 0.667. The minimum atomic E-state index is 0.135. The van der Waals surface area contributed by atoms with E-state index in [4.69, 9.17) is 0 Å². The molecule has 0 bridgehead atoms. The van der Waals surface area contributed by atoms with E-state index in [0.29, 0.717) is 6.54 Å². The highest BCUT2D eigenvalue weighted by Crippen LogP contribution is 2.13. The molecule has 1 saturated heterocycles. The number of piperidine rings is 1. The van der Waals surface area contributed by atoms with Crippen molar-refractivity contribution in [2.45, 2.75) is 32.7 Å². The van der Waals surface area contributed by atoms with Crippen LogP contribution in [0.15, 0.2) is 5.38 Å². The second-order valence-electron chi connectivity index (χ2n) is 4.54. The van der Waals surface area contributed by atoms with Crippen molar-refractivity contribution in [1.29, 1.82) is 0 Å². The lowest BCUT2D eigenvalue weighted by Gasteiger charge is -2.30. The zero-order valence-corrected chi connectivity index (χ0v) is 11.3. The van der Waals surface area contributed by atoms with E-state index in [1.807, 2.05) is 24.3 Å². The molecule has 5 heteroatoms. The Morgan fingerprint density at radius 1 is 1.47 bits per heavy atom. The summed E-state index contributed by atoms with van der Waals surface area (Å²) >= 11 is 1.63. The molecule has 1 fully saturated rings. The lowest BCUT2D eigenvalue weighted by Crippen LogP contribution is -2.43. The molecule has 0 aromatic carbocycles. The molecule has 1 aliphatic rings. The van der Waals surface area contributed by atoms with E-state index >= 15 is 0 Å². The van der Waals surface area contributed by atoms with Crippen LogP contribution in [0.5, 0.6) is 0 Å². The number of thiazole rings is 1. The minimum Gasteiger partial charge on any atom is -0.325 e. The summed E-state index contributed by atoms with van der Waals surface area (Å²) in [4.78, 5) is 20.2. The SMILES string of the molecule is Cc1nc(CN(C)C(=O)N2CCCCC2)cs1. The monoisotopic (exact) mass is 253 g/mol. The van der Waals surface area contributed by atoms with Gasteiger partial charge in [0.1, 0.15) is 0 Å². The Bertz CT molecular complexity index is 385. The molecule has 2 rings (SSSR count). The molecule has 4 nitrogen and oxygen atoms in total. The maximum atomic E-state index is 12.1. The Kier molecular flexibility index (Phi) is 3.99. The summed E-state index contributed by atoms with van der Waals surface area (Å²) in [5.41, 5.74) is 0.986. The van der Waals surface area contributed by atoms with E-state index < -0.39 is 0 Å². The molecule has 0 radical (unpaired) electrons. The summed E-state index contributed by atoms with van der Waals surface area (Å²) in [7, 11) is 1.85. The lowest BCUT2D eigenvalue weighted by atomic mass is 10.1. The largest absolute Gasteiger partial charge is 0.325 e. The molecule has 0 spiro atoms. The van der Waals surface area contributed by atoms with Gasteiger partial charge in [-0.2, -0.15) is 0 Å². The summed E-state index contributed by atoms with van der Waals surface area (Å²) in [6.45, 7) is 4.40. The van der Waals surface area contributed by atoms with Crippen molar-refractivity contribution in [2.24, 2.45) is 0 Å². The van der Waals surface area contributed by atoms with Gasteiger partial charge in [0.2, 0.25) is 0 Å². The highest BCUT2D eigenvalue weighted by atomic mass is 32.1. The number of aromatic nitrogens is 1. The van der Waals surface area contributed by atoms with Gasteiger partial charge >= 0.3 is 6.03 Å². The van der Waals surface area contributed by atoms with Gasteiger partial charge in [-0.05, 0) is 26.2 Å². The summed E-state index contributed by atoms with van der Waals surface area (Å²) in [5, 5.41) is 3.08. The summed E-state index contributed by atoms with van der Waals surface area (Å²) in [6.07, 6.45) is 3.52. The molecule has 2 amide bonds. The average Bonchev–Trinajstić information content (AvgIpc) is 2.75. The van der Waals surface area contributed by atoms with E-state index in [9.17, 15) is 4.79 Å². The number of likely N-dealkylation sites (tertiary alicyclic amines) is 1. The van der Waals surface area contributed by atoms with Crippen LogP contribution in [0.4, 0.5) is 4.79 Å². The van der Waals surface area contributed by atoms with Crippen LogP contribution < -0.4 is 0 Å². The predicted molar refractivity (Wildman–Crippen MR) is 69.1 cm³/mol. The van der Waals surface area contributed by atoms with Crippen LogP contribution >= 0.6 is 11.3 Å². The van der Waals surface area contributed by atoms with Crippen molar-refractivity contribution in [1.82, 2.24) is 14.8 Å². The second kappa shape index (κ2) is 5.49. The highest BCUT2D eigenvalue weighted by molar-refractivity contribution is 7.09. The first-order valence-corrected chi connectivity index (χ1v) is 6.96. The maximum absolute atomic E-state index is 12.1. The third-order valence-electron chi connectivity index (χ3n) is 3.02. The molecule has 0 atom stereocenters. The molecule has 1 aliphatic heterocycles. The van der Waals surface area contributed by atoms with Crippen LogP contribution in [0.1, 0.15) is 30.0 Å². The molecule has 1 aromatic rings. The Balaban J connectivity index is 1.90. The van der Waals surface area contributed by atoms with Crippen molar-refractivity contribution in [2.75, 3.05) is 20.1 Å². The van der Waals surface area contributed by atoms with Crippen molar-refractivity contribution in [3.63, 3.8) is 0 Å². The molecule has 17 heavy (non-hydrogen) atoms. The van der Waals surface area contributed by atoms with Gasteiger partial charge in [0, 0.05) is 25.5 Å². The number of hydrogen-bond acceptors (Lipinski definition) is 3. The van der Waals surface area contributed by atoms with Gasteiger partial charge in [0.25, 0.3) is 0 Å². The van der Waals surface area contributed by atoms with Crippen molar-refractivity contribution >= 4 is 17.4 Å². The van der Waals surface area contributed by atoms with E-state index in [-0.39, 0.29) is 6.03 Å². The van der Waals surface area contributed by atoms with Crippen molar-refractivity contribution < 1.29 is 4.79 Å². The number of nitrogens with zero attached hydrogens (tertiary/aromatic N) is 3. The van der Waals surface area contributed by atoms with Gasteiger partial charge in [-0.15, -0.1) is 11.3 Å². The molecule has 2 heterocycles. The molecular weight excluding hydrogens is 234 g/mol. The zero-order valence-electron chi connectivity index (χ0n) is 10.5. The molecule has 0 saturated carbocycles. The Morgan fingerprint density at radius 2 is 2.18 bits per heavy atom.